The van der Waals surface area contributed by atoms with Crippen LogP contribution in [-0.2, 0) is 20.1 Å². The molecule has 2 rings (SSSR count). The SMILES string of the molecule is CC(C)(C)[C@]1(c2ccccc2)OC(=O)[C@@](C)(Br)O1. The van der Waals surface area contributed by atoms with Crippen molar-refractivity contribution in [1.29, 1.82) is 0 Å². The summed E-state index contributed by atoms with van der Waals surface area (Å²) in [7, 11) is 0. The molecule has 0 radical (unpaired) electrons. The second-order valence-electron chi connectivity index (χ2n) is 5.64. The molecule has 0 N–H and O–H groups in total. The zero-order valence-electron chi connectivity index (χ0n) is 11.0. The van der Waals surface area contributed by atoms with Crippen LogP contribution in [0.2, 0.25) is 0 Å². The van der Waals surface area contributed by atoms with Gasteiger partial charge in [0.15, 0.2) is 0 Å². The highest BCUT2D eigenvalue weighted by Gasteiger charge is 2.60. The maximum Gasteiger partial charge on any atom is 0.352 e. The van der Waals surface area contributed by atoms with Crippen molar-refractivity contribution in [2.75, 3.05) is 0 Å². The standard InChI is InChI=1S/C14H17BrO3/c1-12(2,3)14(10-8-6-5-7-9-10)17-11(16)13(4,15)18-14/h5-9H,1-4H3/t13-,14+/m0/s1. The van der Waals surface area contributed by atoms with Crippen LogP contribution in [0.1, 0.15) is 33.3 Å². The molecule has 1 aromatic carbocycles. The van der Waals surface area contributed by atoms with Crippen molar-refractivity contribution in [3.05, 3.63) is 35.9 Å². The van der Waals surface area contributed by atoms with Crippen LogP contribution in [-0.4, -0.2) is 10.5 Å². The Kier molecular flexibility index (Phi) is 3.06. The van der Waals surface area contributed by atoms with Crippen LogP contribution < -0.4 is 0 Å². The summed E-state index contributed by atoms with van der Waals surface area (Å²) in [6.45, 7) is 7.62. The highest BCUT2D eigenvalue weighted by atomic mass is 79.9. The van der Waals surface area contributed by atoms with Gasteiger partial charge in [0.2, 0.25) is 10.3 Å². The lowest BCUT2D eigenvalue weighted by Crippen LogP contribution is -2.42. The molecule has 0 bridgehead atoms. The Balaban J connectivity index is 2.56. The van der Waals surface area contributed by atoms with Gasteiger partial charge in [0, 0.05) is 11.0 Å². The van der Waals surface area contributed by atoms with Gasteiger partial charge in [-0.1, -0.05) is 51.1 Å². The Bertz CT molecular complexity index is 462. The minimum Gasteiger partial charge on any atom is -0.425 e. The average molecular weight is 313 g/mol. The molecule has 1 saturated heterocycles. The van der Waals surface area contributed by atoms with Crippen molar-refractivity contribution < 1.29 is 14.3 Å². The third-order valence-corrected chi connectivity index (χ3v) is 3.56. The lowest BCUT2D eigenvalue weighted by molar-refractivity contribution is -0.241. The van der Waals surface area contributed by atoms with E-state index in [0.29, 0.717) is 0 Å². The predicted octanol–water partition coefficient (Wildman–Crippen LogP) is 3.57. The number of hydrogen-bond donors (Lipinski definition) is 0. The highest BCUT2D eigenvalue weighted by molar-refractivity contribution is 9.10. The zero-order chi connectivity index (χ0) is 13.6. The van der Waals surface area contributed by atoms with Crippen molar-refractivity contribution in [2.24, 2.45) is 5.41 Å². The number of hydrogen-bond acceptors (Lipinski definition) is 3. The number of rotatable bonds is 1. The van der Waals surface area contributed by atoms with Gasteiger partial charge in [-0.3, -0.25) is 0 Å². The van der Waals surface area contributed by atoms with Crippen molar-refractivity contribution in [3.63, 3.8) is 0 Å². The normalized spacial score (nSPS) is 32.4. The van der Waals surface area contributed by atoms with Gasteiger partial charge < -0.3 is 9.47 Å². The maximum absolute atomic E-state index is 11.9. The first kappa shape index (κ1) is 13.6. The molecule has 0 saturated carbocycles. The summed E-state index contributed by atoms with van der Waals surface area (Å²) in [4.78, 5) is 11.9. The minimum atomic E-state index is -1.10. The van der Waals surface area contributed by atoms with Gasteiger partial charge in [0.1, 0.15) is 0 Å². The van der Waals surface area contributed by atoms with E-state index in [1.54, 1.807) is 6.92 Å². The Labute approximate surface area is 116 Å². The van der Waals surface area contributed by atoms with Gasteiger partial charge in [-0.25, -0.2) is 4.79 Å². The van der Waals surface area contributed by atoms with Crippen LogP contribution >= 0.6 is 15.9 Å². The van der Waals surface area contributed by atoms with Gasteiger partial charge in [-0.05, 0) is 22.9 Å². The fraction of sp³-hybridized carbons (Fsp3) is 0.500. The third-order valence-electron chi connectivity index (χ3n) is 3.08. The highest BCUT2D eigenvalue weighted by Crippen LogP contribution is 2.52. The van der Waals surface area contributed by atoms with Gasteiger partial charge in [0.05, 0.1) is 0 Å². The van der Waals surface area contributed by atoms with Crippen LogP contribution in [0.15, 0.2) is 30.3 Å². The average Bonchev–Trinajstić information content (AvgIpc) is 2.52. The van der Waals surface area contributed by atoms with E-state index < -0.39 is 16.3 Å². The molecule has 0 amide bonds. The van der Waals surface area contributed by atoms with Crippen LogP contribution in [0.4, 0.5) is 0 Å². The number of carbonyl (C=O) groups excluding carboxylic acids is 1. The van der Waals surface area contributed by atoms with Gasteiger partial charge >= 0.3 is 5.97 Å². The molecule has 98 valence electrons. The molecule has 1 aromatic rings. The predicted molar refractivity (Wildman–Crippen MR) is 72.1 cm³/mol. The van der Waals surface area contributed by atoms with E-state index in [-0.39, 0.29) is 5.41 Å². The molecule has 3 nitrogen and oxygen atoms in total. The lowest BCUT2D eigenvalue weighted by Gasteiger charge is -2.39. The largest absolute Gasteiger partial charge is 0.425 e. The molecular weight excluding hydrogens is 296 g/mol. The number of esters is 1. The number of alkyl halides is 1. The Morgan fingerprint density at radius 1 is 1.17 bits per heavy atom. The summed E-state index contributed by atoms with van der Waals surface area (Å²) < 4.78 is 10.4. The number of benzene rings is 1. The van der Waals surface area contributed by atoms with E-state index >= 15 is 0 Å². The molecule has 0 spiro atoms. The molecule has 0 unspecified atom stereocenters. The lowest BCUT2D eigenvalue weighted by atomic mass is 9.81. The fourth-order valence-corrected chi connectivity index (χ4v) is 2.38. The van der Waals surface area contributed by atoms with E-state index in [0.717, 1.165) is 5.56 Å². The molecule has 4 heteroatoms. The van der Waals surface area contributed by atoms with Crippen molar-refractivity contribution in [1.82, 2.24) is 0 Å². The second kappa shape index (κ2) is 4.07. The van der Waals surface area contributed by atoms with Gasteiger partial charge in [-0.2, -0.15) is 0 Å². The van der Waals surface area contributed by atoms with E-state index in [1.807, 2.05) is 51.1 Å². The summed E-state index contributed by atoms with van der Waals surface area (Å²) in [6.07, 6.45) is 0. The quantitative estimate of drug-likeness (QED) is 0.587. The van der Waals surface area contributed by atoms with Crippen molar-refractivity contribution >= 4 is 21.9 Å². The minimum absolute atomic E-state index is 0.379. The van der Waals surface area contributed by atoms with Crippen molar-refractivity contribution in [3.8, 4) is 0 Å². The first-order valence-corrected chi connectivity index (χ1v) is 6.66. The van der Waals surface area contributed by atoms with Gasteiger partial charge in [-0.15, -0.1) is 0 Å². The van der Waals surface area contributed by atoms with Crippen molar-refractivity contribution in [2.45, 2.75) is 38.0 Å². The Morgan fingerprint density at radius 3 is 2.11 bits per heavy atom. The second-order valence-corrected chi connectivity index (χ2v) is 7.15. The smallest absolute Gasteiger partial charge is 0.352 e. The van der Waals surface area contributed by atoms with E-state index in [9.17, 15) is 4.79 Å². The summed E-state index contributed by atoms with van der Waals surface area (Å²) >= 11 is 3.28. The summed E-state index contributed by atoms with van der Waals surface area (Å²) in [5.41, 5.74) is 0.462. The van der Waals surface area contributed by atoms with E-state index in [4.69, 9.17) is 9.47 Å². The van der Waals surface area contributed by atoms with E-state index in [1.165, 1.54) is 0 Å². The van der Waals surface area contributed by atoms with Gasteiger partial charge in [0.25, 0.3) is 0 Å². The number of cyclic esters (lactones) is 1. The third kappa shape index (κ3) is 1.97. The summed E-state index contributed by atoms with van der Waals surface area (Å²) in [5, 5.41) is 0. The van der Waals surface area contributed by atoms with E-state index in [2.05, 4.69) is 15.9 Å². The molecule has 1 fully saturated rings. The fourth-order valence-electron chi connectivity index (χ4n) is 2.07. The zero-order valence-corrected chi connectivity index (χ0v) is 12.6. The Morgan fingerprint density at radius 2 is 1.72 bits per heavy atom. The molecule has 18 heavy (non-hydrogen) atoms. The van der Waals surface area contributed by atoms with Crippen LogP contribution in [0.25, 0.3) is 0 Å². The summed E-state index contributed by atoms with van der Waals surface area (Å²) in [5.74, 6) is -1.47. The number of ether oxygens (including phenoxy) is 2. The number of halogens is 1. The Hall–Kier alpha value is -0.870. The maximum atomic E-state index is 11.9. The summed E-state index contributed by atoms with van der Waals surface area (Å²) in [6, 6.07) is 9.55. The monoisotopic (exact) mass is 312 g/mol. The molecule has 2 atom stereocenters. The molecule has 1 aliphatic heterocycles. The van der Waals surface area contributed by atoms with Crippen LogP contribution in [0.5, 0.6) is 0 Å². The molecule has 1 heterocycles. The van der Waals surface area contributed by atoms with Crippen LogP contribution in [0, 0.1) is 5.41 Å². The molecular formula is C14H17BrO3. The molecule has 0 aromatic heterocycles. The molecule has 1 aliphatic rings. The first-order chi connectivity index (χ1) is 8.19. The topological polar surface area (TPSA) is 35.5 Å². The number of carbonyl (C=O) groups is 1. The molecule has 0 aliphatic carbocycles. The first-order valence-electron chi connectivity index (χ1n) is 5.87. The van der Waals surface area contributed by atoms with Crippen LogP contribution in [0.3, 0.4) is 0 Å².